The monoisotopic (exact) mass is 381 g/mol. The van der Waals surface area contributed by atoms with E-state index in [0.29, 0.717) is 5.11 Å². The summed E-state index contributed by atoms with van der Waals surface area (Å²) in [5.41, 5.74) is 6.26. The van der Waals surface area contributed by atoms with Gasteiger partial charge in [0.25, 0.3) is 0 Å². The minimum Gasteiger partial charge on any atom is -0.331 e. The minimum absolute atomic E-state index is 0.128. The standard InChI is InChI=1S/C20H16FN3S2/c21-15-10-8-14(9-11-15)18-13-17(19-7-4-12-26-19)23-24(18)20(25)22-16-5-2-1-3-6-16/h1-13,18,23H,(H,22,25)/t18-/m0/s1. The fourth-order valence-corrected chi connectivity index (χ4v) is 3.80. The maximum atomic E-state index is 13.3. The summed E-state index contributed by atoms with van der Waals surface area (Å²) in [6.45, 7) is 0. The summed E-state index contributed by atoms with van der Waals surface area (Å²) >= 11 is 7.29. The molecule has 0 saturated carbocycles. The summed E-state index contributed by atoms with van der Waals surface area (Å²) in [5, 5.41) is 7.73. The number of thiocarbonyl (C=S) groups is 1. The van der Waals surface area contributed by atoms with Gasteiger partial charge in [-0.1, -0.05) is 36.4 Å². The molecule has 0 radical (unpaired) electrons. The fourth-order valence-electron chi connectivity index (χ4n) is 2.83. The summed E-state index contributed by atoms with van der Waals surface area (Å²) in [6.07, 6.45) is 2.11. The van der Waals surface area contributed by atoms with Crippen LogP contribution in [0.3, 0.4) is 0 Å². The van der Waals surface area contributed by atoms with Crippen LogP contribution in [0, 0.1) is 5.82 Å². The molecule has 3 aromatic rings. The van der Waals surface area contributed by atoms with Crippen LogP contribution in [0.2, 0.25) is 0 Å². The smallest absolute Gasteiger partial charge is 0.193 e. The van der Waals surface area contributed by atoms with Crippen molar-refractivity contribution in [1.29, 1.82) is 0 Å². The van der Waals surface area contributed by atoms with E-state index in [-0.39, 0.29) is 11.9 Å². The first-order valence-corrected chi connectivity index (χ1v) is 9.42. The predicted molar refractivity (Wildman–Crippen MR) is 109 cm³/mol. The zero-order chi connectivity index (χ0) is 17.9. The van der Waals surface area contributed by atoms with Crippen LogP contribution in [0.5, 0.6) is 0 Å². The molecule has 2 aromatic carbocycles. The van der Waals surface area contributed by atoms with E-state index in [1.165, 1.54) is 12.1 Å². The van der Waals surface area contributed by atoms with Gasteiger partial charge < -0.3 is 5.32 Å². The number of rotatable bonds is 3. The number of halogens is 1. The molecule has 1 aliphatic heterocycles. The highest BCUT2D eigenvalue weighted by atomic mass is 32.1. The van der Waals surface area contributed by atoms with Crippen molar-refractivity contribution in [3.05, 3.63) is 94.4 Å². The second kappa shape index (κ2) is 7.27. The van der Waals surface area contributed by atoms with Crippen LogP contribution in [0.4, 0.5) is 10.1 Å². The van der Waals surface area contributed by atoms with E-state index in [9.17, 15) is 4.39 Å². The van der Waals surface area contributed by atoms with E-state index in [2.05, 4.69) is 22.9 Å². The lowest BCUT2D eigenvalue weighted by atomic mass is 10.1. The largest absolute Gasteiger partial charge is 0.331 e. The van der Waals surface area contributed by atoms with Crippen LogP contribution in [-0.4, -0.2) is 10.1 Å². The summed E-state index contributed by atoms with van der Waals surface area (Å²) in [6, 6.07) is 20.2. The highest BCUT2D eigenvalue weighted by Crippen LogP contribution is 2.33. The number of hydrogen-bond acceptors (Lipinski definition) is 3. The molecule has 1 aliphatic rings. The van der Waals surface area contributed by atoms with Gasteiger partial charge in [0, 0.05) is 5.69 Å². The molecule has 26 heavy (non-hydrogen) atoms. The van der Waals surface area contributed by atoms with E-state index in [1.54, 1.807) is 23.5 Å². The molecule has 0 aliphatic carbocycles. The molecule has 1 aromatic heterocycles. The van der Waals surface area contributed by atoms with E-state index < -0.39 is 0 Å². The number of nitrogens with zero attached hydrogens (tertiary/aromatic N) is 1. The first-order valence-electron chi connectivity index (χ1n) is 8.14. The zero-order valence-electron chi connectivity index (χ0n) is 13.7. The molecule has 4 rings (SSSR count). The molecule has 0 bridgehead atoms. The van der Waals surface area contributed by atoms with Crippen LogP contribution in [-0.2, 0) is 0 Å². The van der Waals surface area contributed by atoms with Gasteiger partial charge in [0.1, 0.15) is 5.82 Å². The molecule has 0 spiro atoms. The quantitative estimate of drug-likeness (QED) is 0.611. The Morgan fingerprint density at radius 2 is 1.81 bits per heavy atom. The molecule has 3 nitrogen and oxygen atoms in total. The Bertz CT molecular complexity index is 921. The normalized spacial score (nSPS) is 16.1. The van der Waals surface area contributed by atoms with Gasteiger partial charge in [0.2, 0.25) is 0 Å². The van der Waals surface area contributed by atoms with Crippen molar-refractivity contribution < 1.29 is 4.39 Å². The Morgan fingerprint density at radius 3 is 2.50 bits per heavy atom. The Morgan fingerprint density at radius 1 is 1.04 bits per heavy atom. The number of thiophene rings is 1. The predicted octanol–water partition coefficient (Wildman–Crippen LogP) is 5.19. The lowest BCUT2D eigenvalue weighted by Crippen LogP contribution is -2.42. The molecule has 2 N–H and O–H groups in total. The Balaban J connectivity index is 1.63. The van der Waals surface area contributed by atoms with Crippen LogP contribution < -0.4 is 10.7 Å². The van der Waals surface area contributed by atoms with Crippen molar-refractivity contribution in [3.8, 4) is 0 Å². The molecule has 0 unspecified atom stereocenters. The van der Waals surface area contributed by atoms with Crippen molar-refractivity contribution in [2.75, 3.05) is 5.32 Å². The molecular weight excluding hydrogens is 365 g/mol. The van der Waals surface area contributed by atoms with Gasteiger partial charge >= 0.3 is 0 Å². The molecule has 2 heterocycles. The number of hydrogen-bond donors (Lipinski definition) is 2. The number of anilines is 1. The number of hydrazine groups is 1. The van der Waals surface area contributed by atoms with Gasteiger partial charge in [-0.25, -0.2) is 4.39 Å². The van der Waals surface area contributed by atoms with E-state index in [4.69, 9.17) is 12.2 Å². The number of nitrogens with one attached hydrogen (secondary N) is 2. The van der Waals surface area contributed by atoms with Gasteiger partial charge in [-0.3, -0.25) is 10.4 Å². The van der Waals surface area contributed by atoms with Crippen molar-refractivity contribution >= 4 is 40.1 Å². The zero-order valence-corrected chi connectivity index (χ0v) is 15.4. The summed E-state index contributed by atoms with van der Waals surface area (Å²) in [4.78, 5) is 1.13. The minimum atomic E-state index is -0.251. The SMILES string of the molecule is Fc1ccc([C@@H]2C=C(c3cccs3)NN2C(=S)Nc2ccccc2)cc1. The second-order valence-corrected chi connectivity index (χ2v) is 7.17. The topological polar surface area (TPSA) is 27.3 Å². The third-order valence-electron chi connectivity index (χ3n) is 4.09. The summed E-state index contributed by atoms with van der Waals surface area (Å²) < 4.78 is 13.3. The summed E-state index contributed by atoms with van der Waals surface area (Å²) in [7, 11) is 0. The molecule has 6 heteroatoms. The van der Waals surface area contributed by atoms with Crippen LogP contribution in [0.1, 0.15) is 16.5 Å². The molecule has 0 fully saturated rings. The van der Waals surface area contributed by atoms with Crippen molar-refractivity contribution in [3.63, 3.8) is 0 Å². The highest BCUT2D eigenvalue weighted by Gasteiger charge is 2.29. The van der Waals surface area contributed by atoms with E-state index >= 15 is 0 Å². The van der Waals surface area contributed by atoms with E-state index in [1.807, 2.05) is 46.8 Å². The average molecular weight is 382 g/mol. The maximum Gasteiger partial charge on any atom is 0.193 e. The second-order valence-electron chi connectivity index (χ2n) is 5.83. The first-order chi connectivity index (χ1) is 12.7. The number of benzene rings is 2. The Kier molecular flexibility index (Phi) is 4.69. The third kappa shape index (κ3) is 3.47. The highest BCUT2D eigenvalue weighted by molar-refractivity contribution is 7.80. The van der Waals surface area contributed by atoms with Gasteiger partial charge in [-0.15, -0.1) is 11.3 Å². The van der Waals surface area contributed by atoms with Gasteiger partial charge in [-0.2, -0.15) is 0 Å². The van der Waals surface area contributed by atoms with Gasteiger partial charge in [-0.05, 0) is 59.6 Å². The number of para-hydroxylation sites is 1. The molecule has 1 atom stereocenters. The van der Waals surface area contributed by atoms with Gasteiger partial charge in [0.15, 0.2) is 5.11 Å². The Labute approximate surface area is 160 Å². The van der Waals surface area contributed by atoms with Crippen LogP contribution >= 0.6 is 23.6 Å². The van der Waals surface area contributed by atoms with Crippen molar-refractivity contribution in [2.24, 2.45) is 0 Å². The molecule has 130 valence electrons. The maximum absolute atomic E-state index is 13.3. The van der Waals surface area contributed by atoms with Crippen molar-refractivity contribution in [1.82, 2.24) is 10.4 Å². The average Bonchev–Trinajstić information content (AvgIpc) is 3.33. The molecule has 0 amide bonds. The molecular formula is C20H16FN3S2. The summed E-state index contributed by atoms with van der Waals surface area (Å²) in [5.74, 6) is -0.251. The van der Waals surface area contributed by atoms with Crippen LogP contribution in [0.15, 0.2) is 78.2 Å². The fraction of sp³-hybridized carbons (Fsp3) is 0.0500. The lowest BCUT2D eigenvalue weighted by molar-refractivity contribution is 0.348. The lowest BCUT2D eigenvalue weighted by Gasteiger charge is -2.28. The van der Waals surface area contributed by atoms with Crippen molar-refractivity contribution in [2.45, 2.75) is 6.04 Å². The first kappa shape index (κ1) is 16.8. The molecule has 0 saturated heterocycles. The van der Waals surface area contributed by atoms with Crippen LogP contribution in [0.25, 0.3) is 5.70 Å². The van der Waals surface area contributed by atoms with Gasteiger partial charge in [0.05, 0.1) is 16.6 Å². The van der Waals surface area contributed by atoms with E-state index in [0.717, 1.165) is 21.8 Å². The Hall–Kier alpha value is -2.70. The third-order valence-corrected chi connectivity index (χ3v) is 5.29.